The summed E-state index contributed by atoms with van der Waals surface area (Å²) in [5.41, 5.74) is 0.894. The predicted molar refractivity (Wildman–Crippen MR) is 52.5 cm³/mol. The molecular formula is C10H14N2O. The normalized spacial score (nSPS) is 9.85. The van der Waals surface area contributed by atoms with Gasteiger partial charge in [0.25, 0.3) is 0 Å². The Morgan fingerprint density at radius 1 is 1.69 bits per heavy atom. The zero-order valence-electron chi connectivity index (χ0n) is 7.84. The van der Waals surface area contributed by atoms with E-state index >= 15 is 0 Å². The summed E-state index contributed by atoms with van der Waals surface area (Å²) in [5.74, 6) is 2.55. The fourth-order valence-electron chi connectivity index (χ4n) is 1.23. The fraction of sp³-hybridized carbons (Fsp3) is 0.500. The average molecular weight is 178 g/mol. The molecule has 0 saturated carbocycles. The molecule has 1 aromatic rings. The topological polar surface area (TPSA) is 37.8 Å². The van der Waals surface area contributed by atoms with Gasteiger partial charge in [0, 0.05) is 24.9 Å². The summed E-state index contributed by atoms with van der Waals surface area (Å²) in [4.78, 5) is 14.0. The van der Waals surface area contributed by atoms with Gasteiger partial charge in [0.2, 0.25) is 0 Å². The van der Waals surface area contributed by atoms with Gasteiger partial charge in [0.05, 0.1) is 0 Å². The van der Waals surface area contributed by atoms with Crippen LogP contribution >= 0.6 is 0 Å². The molecular weight excluding hydrogens is 164 g/mol. The Hall–Kier alpha value is -1.43. The third-order valence-electron chi connectivity index (χ3n) is 1.84. The van der Waals surface area contributed by atoms with Gasteiger partial charge < -0.3 is 4.98 Å². The fourth-order valence-corrected chi connectivity index (χ4v) is 1.23. The van der Waals surface area contributed by atoms with Crippen molar-refractivity contribution in [1.82, 2.24) is 9.55 Å². The van der Waals surface area contributed by atoms with Crippen molar-refractivity contribution in [3.8, 4) is 12.3 Å². The monoisotopic (exact) mass is 178 g/mol. The first-order valence-corrected chi connectivity index (χ1v) is 4.49. The number of terminal acetylenes is 1. The maximum absolute atomic E-state index is 11.2. The highest BCUT2D eigenvalue weighted by molar-refractivity contribution is 5.00. The maximum Gasteiger partial charge on any atom is 0.325 e. The Kier molecular flexibility index (Phi) is 3.39. The summed E-state index contributed by atoms with van der Waals surface area (Å²) < 4.78 is 1.69. The molecule has 0 amide bonds. The predicted octanol–water partition coefficient (Wildman–Crippen LogP) is 1.15. The minimum absolute atomic E-state index is 0.0335. The van der Waals surface area contributed by atoms with Gasteiger partial charge in [0.15, 0.2) is 0 Å². The van der Waals surface area contributed by atoms with E-state index in [9.17, 15) is 4.79 Å². The van der Waals surface area contributed by atoms with Gasteiger partial charge in [-0.2, -0.15) is 0 Å². The van der Waals surface area contributed by atoms with Crippen LogP contribution in [0.3, 0.4) is 0 Å². The number of aromatic amines is 1. The van der Waals surface area contributed by atoms with E-state index in [-0.39, 0.29) is 5.69 Å². The molecule has 1 rings (SSSR count). The molecule has 0 atom stereocenters. The average Bonchev–Trinajstić information content (AvgIpc) is 2.45. The Morgan fingerprint density at radius 2 is 2.46 bits per heavy atom. The molecule has 0 fully saturated rings. The van der Waals surface area contributed by atoms with E-state index < -0.39 is 0 Å². The van der Waals surface area contributed by atoms with Crippen LogP contribution < -0.4 is 5.69 Å². The molecule has 0 unspecified atom stereocenters. The number of rotatable bonds is 4. The number of hydrogen-bond donors (Lipinski definition) is 1. The molecule has 1 aromatic heterocycles. The molecule has 0 bridgehead atoms. The first kappa shape index (κ1) is 9.66. The summed E-state index contributed by atoms with van der Waals surface area (Å²) in [5, 5.41) is 0. The number of nitrogens with zero attached hydrogens (tertiary/aromatic N) is 1. The second-order valence-electron chi connectivity index (χ2n) is 2.98. The molecule has 13 heavy (non-hydrogen) atoms. The minimum Gasteiger partial charge on any atom is -0.310 e. The van der Waals surface area contributed by atoms with E-state index in [0.29, 0.717) is 6.42 Å². The molecule has 3 nitrogen and oxygen atoms in total. The highest BCUT2D eigenvalue weighted by Crippen LogP contribution is 1.96. The van der Waals surface area contributed by atoms with E-state index in [4.69, 9.17) is 6.42 Å². The number of aromatic nitrogens is 2. The van der Waals surface area contributed by atoms with Gasteiger partial charge in [-0.25, -0.2) is 4.79 Å². The highest BCUT2D eigenvalue weighted by Gasteiger charge is 2.00. The second kappa shape index (κ2) is 4.56. The molecule has 0 radical (unpaired) electrons. The molecule has 0 spiro atoms. The van der Waals surface area contributed by atoms with Gasteiger partial charge >= 0.3 is 5.69 Å². The summed E-state index contributed by atoms with van der Waals surface area (Å²) in [6, 6.07) is 0. The van der Waals surface area contributed by atoms with Crippen LogP contribution in [0.1, 0.15) is 25.5 Å². The van der Waals surface area contributed by atoms with Crippen LogP contribution in [0.15, 0.2) is 11.0 Å². The molecule has 1 heterocycles. The van der Waals surface area contributed by atoms with Crippen molar-refractivity contribution in [1.29, 1.82) is 0 Å². The quantitative estimate of drug-likeness (QED) is 0.690. The lowest BCUT2D eigenvalue weighted by molar-refractivity contribution is 0.656. The molecule has 0 aliphatic carbocycles. The SMILES string of the molecule is C#CCCc1cn(CCC)c(=O)[nH]1. The van der Waals surface area contributed by atoms with Crippen LogP contribution in [0, 0.1) is 12.3 Å². The third kappa shape index (κ3) is 2.51. The van der Waals surface area contributed by atoms with Crippen molar-refractivity contribution >= 4 is 0 Å². The van der Waals surface area contributed by atoms with Crippen LogP contribution in [-0.4, -0.2) is 9.55 Å². The van der Waals surface area contributed by atoms with Crippen molar-refractivity contribution < 1.29 is 0 Å². The number of H-pyrrole nitrogens is 1. The second-order valence-corrected chi connectivity index (χ2v) is 2.98. The lowest BCUT2D eigenvalue weighted by Crippen LogP contribution is -2.15. The maximum atomic E-state index is 11.2. The minimum atomic E-state index is -0.0335. The van der Waals surface area contributed by atoms with Crippen molar-refractivity contribution in [2.24, 2.45) is 0 Å². The largest absolute Gasteiger partial charge is 0.325 e. The van der Waals surface area contributed by atoms with E-state index in [1.807, 2.05) is 13.1 Å². The first-order valence-electron chi connectivity index (χ1n) is 4.49. The Bertz CT molecular complexity index is 354. The van der Waals surface area contributed by atoms with Crippen LogP contribution in [-0.2, 0) is 13.0 Å². The zero-order valence-corrected chi connectivity index (χ0v) is 7.84. The summed E-state index contributed by atoms with van der Waals surface area (Å²) in [6.07, 6.45) is 9.37. The van der Waals surface area contributed by atoms with Crippen LogP contribution in [0.25, 0.3) is 0 Å². The number of aryl methyl sites for hydroxylation is 2. The molecule has 0 aromatic carbocycles. The molecule has 0 aliphatic heterocycles. The summed E-state index contributed by atoms with van der Waals surface area (Å²) >= 11 is 0. The van der Waals surface area contributed by atoms with E-state index in [2.05, 4.69) is 10.9 Å². The zero-order chi connectivity index (χ0) is 9.68. The van der Waals surface area contributed by atoms with E-state index in [1.54, 1.807) is 4.57 Å². The molecule has 0 saturated heterocycles. The van der Waals surface area contributed by atoms with Crippen molar-refractivity contribution in [2.45, 2.75) is 32.7 Å². The van der Waals surface area contributed by atoms with Crippen LogP contribution in [0.4, 0.5) is 0 Å². The summed E-state index contributed by atoms with van der Waals surface area (Å²) in [6.45, 7) is 2.81. The molecule has 0 aliphatic rings. The Morgan fingerprint density at radius 3 is 3.08 bits per heavy atom. The standard InChI is InChI=1S/C10H14N2O/c1-3-5-6-9-8-12(7-4-2)10(13)11-9/h1,8H,4-7H2,2H3,(H,11,13). The van der Waals surface area contributed by atoms with Crippen molar-refractivity contribution in [3.63, 3.8) is 0 Å². The lowest BCUT2D eigenvalue weighted by Gasteiger charge is -1.94. The number of hydrogen-bond acceptors (Lipinski definition) is 1. The molecule has 70 valence electrons. The van der Waals surface area contributed by atoms with Crippen molar-refractivity contribution in [3.05, 3.63) is 22.4 Å². The van der Waals surface area contributed by atoms with Crippen LogP contribution in [0.2, 0.25) is 0 Å². The smallest absolute Gasteiger partial charge is 0.310 e. The molecule has 3 heteroatoms. The third-order valence-corrected chi connectivity index (χ3v) is 1.84. The number of nitrogens with one attached hydrogen (secondary N) is 1. The van der Waals surface area contributed by atoms with Gasteiger partial charge in [-0.3, -0.25) is 4.57 Å². The number of imidazole rings is 1. The Balaban J connectivity index is 2.72. The van der Waals surface area contributed by atoms with Gasteiger partial charge in [-0.1, -0.05) is 6.92 Å². The molecule has 1 N–H and O–H groups in total. The summed E-state index contributed by atoms with van der Waals surface area (Å²) in [7, 11) is 0. The first-order chi connectivity index (χ1) is 6.27. The van der Waals surface area contributed by atoms with E-state index in [1.165, 1.54) is 0 Å². The van der Waals surface area contributed by atoms with Crippen molar-refractivity contribution in [2.75, 3.05) is 0 Å². The van der Waals surface area contributed by atoms with Gasteiger partial charge in [-0.15, -0.1) is 12.3 Å². The van der Waals surface area contributed by atoms with E-state index in [0.717, 1.165) is 25.1 Å². The van der Waals surface area contributed by atoms with Crippen LogP contribution in [0.5, 0.6) is 0 Å². The highest BCUT2D eigenvalue weighted by atomic mass is 16.1. The lowest BCUT2D eigenvalue weighted by atomic mass is 10.2. The Labute approximate surface area is 77.8 Å². The van der Waals surface area contributed by atoms with Gasteiger partial charge in [0.1, 0.15) is 0 Å². The van der Waals surface area contributed by atoms with Gasteiger partial charge in [-0.05, 0) is 12.8 Å².